The first-order valence-electron chi connectivity index (χ1n) is 9.02. The lowest BCUT2D eigenvalue weighted by Gasteiger charge is -2.38. The Morgan fingerprint density at radius 2 is 1.65 bits per heavy atom. The molecule has 0 spiro atoms. The summed E-state index contributed by atoms with van der Waals surface area (Å²) >= 11 is 0. The number of benzene rings is 2. The van der Waals surface area contributed by atoms with E-state index in [1.165, 1.54) is 7.11 Å². The summed E-state index contributed by atoms with van der Waals surface area (Å²) in [6.45, 7) is 4.95. The molecule has 1 saturated heterocycles. The molecule has 6 heteroatoms. The van der Waals surface area contributed by atoms with Crippen molar-refractivity contribution in [1.29, 1.82) is 0 Å². The summed E-state index contributed by atoms with van der Waals surface area (Å²) in [5.41, 5.74) is 0.702. The zero-order valence-electron chi connectivity index (χ0n) is 15.3. The summed E-state index contributed by atoms with van der Waals surface area (Å²) in [6, 6.07) is 16.1. The van der Waals surface area contributed by atoms with Gasteiger partial charge in [-0.3, -0.25) is 4.31 Å². The number of sulfonamides is 1. The molecule has 0 aliphatic carbocycles. The van der Waals surface area contributed by atoms with E-state index in [1.54, 1.807) is 28.6 Å². The molecule has 1 aliphatic rings. The van der Waals surface area contributed by atoms with Crippen molar-refractivity contribution in [2.24, 2.45) is 0 Å². The minimum absolute atomic E-state index is 0.0601. The Labute approximate surface area is 156 Å². The highest BCUT2D eigenvalue weighted by molar-refractivity contribution is 7.93. The van der Waals surface area contributed by atoms with E-state index in [0.29, 0.717) is 11.4 Å². The van der Waals surface area contributed by atoms with Gasteiger partial charge in [-0.25, -0.2) is 8.42 Å². The molecule has 0 bridgehead atoms. The van der Waals surface area contributed by atoms with Crippen molar-refractivity contribution in [3.63, 3.8) is 0 Å². The van der Waals surface area contributed by atoms with Crippen LogP contribution in [0.5, 0.6) is 5.75 Å². The standard InChI is InChI=1S/C20H26N2O3S/c1-3-21-15-13-18(14-16-21)22(17-9-5-4-6-10-17)26(23,24)20-12-8-7-11-19(20)25-2/h4-12,18H,3,13-16H2,1-2H3. The van der Waals surface area contributed by atoms with Crippen LogP contribution in [0.1, 0.15) is 19.8 Å². The van der Waals surface area contributed by atoms with Crippen LogP contribution in [0, 0.1) is 0 Å². The number of ether oxygens (including phenoxy) is 1. The maximum Gasteiger partial charge on any atom is 0.268 e. The maximum atomic E-state index is 13.6. The molecule has 3 rings (SSSR count). The first kappa shape index (κ1) is 18.7. The topological polar surface area (TPSA) is 49.9 Å². The predicted octanol–water partition coefficient (Wildman–Crippen LogP) is 3.37. The van der Waals surface area contributed by atoms with Crippen LogP contribution in [0.2, 0.25) is 0 Å². The van der Waals surface area contributed by atoms with Gasteiger partial charge in [0.25, 0.3) is 10.0 Å². The van der Waals surface area contributed by atoms with E-state index in [4.69, 9.17) is 4.74 Å². The molecule has 0 saturated carbocycles. The second-order valence-corrected chi connectivity index (χ2v) is 8.24. The lowest BCUT2D eigenvalue weighted by atomic mass is 10.0. The zero-order valence-corrected chi connectivity index (χ0v) is 16.2. The number of piperidine rings is 1. The molecule has 2 aromatic rings. The quantitative estimate of drug-likeness (QED) is 0.778. The molecule has 140 valence electrons. The van der Waals surface area contributed by atoms with Crippen LogP contribution in [0.4, 0.5) is 5.69 Å². The van der Waals surface area contributed by atoms with Crippen LogP contribution in [-0.2, 0) is 10.0 Å². The summed E-state index contributed by atoms with van der Waals surface area (Å²) in [5.74, 6) is 0.374. The van der Waals surface area contributed by atoms with Crippen molar-refractivity contribution in [3.8, 4) is 5.75 Å². The van der Waals surface area contributed by atoms with Crippen LogP contribution in [0.25, 0.3) is 0 Å². The number of hydrogen-bond acceptors (Lipinski definition) is 4. The molecule has 0 radical (unpaired) electrons. The lowest BCUT2D eigenvalue weighted by molar-refractivity contribution is 0.224. The van der Waals surface area contributed by atoms with Gasteiger partial charge in [0.1, 0.15) is 10.6 Å². The van der Waals surface area contributed by atoms with Gasteiger partial charge in [0.15, 0.2) is 0 Å². The van der Waals surface area contributed by atoms with Crippen LogP contribution < -0.4 is 9.04 Å². The number of likely N-dealkylation sites (tertiary alicyclic amines) is 1. The summed E-state index contributed by atoms with van der Waals surface area (Å²) in [7, 11) is -2.23. The zero-order chi connectivity index (χ0) is 18.6. The second kappa shape index (κ2) is 8.10. The number of rotatable bonds is 6. The molecule has 0 unspecified atom stereocenters. The van der Waals surface area contributed by atoms with Crippen LogP contribution in [-0.4, -0.2) is 46.1 Å². The number of nitrogens with zero attached hydrogens (tertiary/aromatic N) is 2. The maximum absolute atomic E-state index is 13.6. The van der Waals surface area contributed by atoms with E-state index in [2.05, 4.69) is 11.8 Å². The molecule has 0 N–H and O–H groups in total. The number of methoxy groups -OCH3 is 1. The monoisotopic (exact) mass is 374 g/mol. The third-order valence-electron chi connectivity index (χ3n) is 4.95. The van der Waals surface area contributed by atoms with Gasteiger partial charge in [-0.1, -0.05) is 37.3 Å². The van der Waals surface area contributed by atoms with Gasteiger partial charge in [-0.2, -0.15) is 0 Å². The molecular formula is C20H26N2O3S. The normalized spacial score (nSPS) is 16.4. The smallest absolute Gasteiger partial charge is 0.268 e. The second-order valence-electron chi connectivity index (χ2n) is 6.45. The Kier molecular flexibility index (Phi) is 5.84. The van der Waals surface area contributed by atoms with E-state index in [1.807, 2.05) is 30.3 Å². The SMILES string of the molecule is CCN1CCC(N(c2ccccc2)S(=O)(=O)c2ccccc2OC)CC1. The van der Waals surface area contributed by atoms with E-state index in [9.17, 15) is 8.42 Å². The predicted molar refractivity (Wildman–Crippen MR) is 104 cm³/mol. The number of para-hydroxylation sites is 2. The van der Waals surface area contributed by atoms with Gasteiger partial charge < -0.3 is 9.64 Å². The van der Waals surface area contributed by atoms with Crippen LogP contribution >= 0.6 is 0 Å². The largest absolute Gasteiger partial charge is 0.495 e. The molecular weight excluding hydrogens is 348 g/mol. The fourth-order valence-electron chi connectivity index (χ4n) is 3.53. The third kappa shape index (κ3) is 3.71. The van der Waals surface area contributed by atoms with Gasteiger partial charge in [-0.05, 0) is 43.7 Å². The van der Waals surface area contributed by atoms with Crippen molar-refractivity contribution < 1.29 is 13.2 Å². The van der Waals surface area contributed by atoms with Gasteiger partial charge in [-0.15, -0.1) is 0 Å². The Bertz CT molecular complexity index is 816. The minimum atomic E-state index is -3.73. The molecule has 1 heterocycles. The highest BCUT2D eigenvalue weighted by Gasteiger charge is 2.35. The van der Waals surface area contributed by atoms with Crippen molar-refractivity contribution in [2.45, 2.75) is 30.7 Å². The Morgan fingerprint density at radius 1 is 1.04 bits per heavy atom. The number of anilines is 1. The summed E-state index contributed by atoms with van der Waals surface area (Å²) in [6.07, 6.45) is 1.63. The van der Waals surface area contributed by atoms with Crippen molar-refractivity contribution in [1.82, 2.24) is 4.90 Å². The highest BCUT2D eigenvalue weighted by atomic mass is 32.2. The molecule has 0 amide bonds. The third-order valence-corrected chi connectivity index (χ3v) is 6.87. The Hall–Kier alpha value is -2.05. The van der Waals surface area contributed by atoms with Crippen molar-refractivity contribution >= 4 is 15.7 Å². The van der Waals surface area contributed by atoms with E-state index in [0.717, 1.165) is 32.5 Å². The average Bonchev–Trinajstić information content (AvgIpc) is 2.69. The van der Waals surface area contributed by atoms with E-state index < -0.39 is 10.0 Å². The molecule has 5 nitrogen and oxygen atoms in total. The summed E-state index contributed by atoms with van der Waals surface area (Å²) < 4.78 is 34.1. The molecule has 26 heavy (non-hydrogen) atoms. The van der Waals surface area contributed by atoms with Crippen LogP contribution in [0.3, 0.4) is 0 Å². The first-order chi connectivity index (χ1) is 12.6. The Morgan fingerprint density at radius 3 is 2.27 bits per heavy atom. The fraction of sp³-hybridized carbons (Fsp3) is 0.400. The number of hydrogen-bond donors (Lipinski definition) is 0. The van der Waals surface area contributed by atoms with Crippen LogP contribution in [0.15, 0.2) is 59.5 Å². The lowest BCUT2D eigenvalue weighted by Crippen LogP contribution is -2.47. The summed E-state index contributed by atoms with van der Waals surface area (Å²) in [4.78, 5) is 2.57. The molecule has 1 aliphatic heterocycles. The molecule has 2 aromatic carbocycles. The Balaban J connectivity index is 2.03. The van der Waals surface area contributed by atoms with Gasteiger partial charge in [0.2, 0.25) is 0 Å². The van der Waals surface area contributed by atoms with Crippen molar-refractivity contribution in [2.75, 3.05) is 31.0 Å². The van der Waals surface area contributed by atoms with Gasteiger partial charge in [0.05, 0.1) is 12.8 Å². The minimum Gasteiger partial charge on any atom is -0.495 e. The molecule has 1 fully saturated rings. The van der Waals surface area contributed by atoms with E-state index in [-0.39, 0.29) is 10.9 Å². The highest BCUT2D eigenvalue weighted by Crippen LogP contribution is 2.33. The fourth-order valence-corrected chi connectivity index (χ4v) is 5.40. The molecule has 0 atom stereocenters. The van der Waals surface area contributed by atoms with Gasteiger partial charge in [0, 0.05) is 19.1 Å². The van der Waals surface area contributed by atoms with E-state index >= 15 is 0 Å². The molecule has 0 aromatic heterocycles. The first-order valence-corrected chi connectivity index (χ1v) is 10.5. The van der Waals surface area contributed by atoms with Gasteiger partial charge >= 0.3 is 0 Å². The average molecular weight is 375 g/mol. The summed E-state index contributed by atoms with van der Waals surface area (Å²) in [5, 5.41) is 0. The van der Waals surface area contributed by atoms with Crippen molar-refractivity contribution in [3.05, 3.63) is 54.6 Å².